The van der Waals surface area contributed by atoms with Gasteiger partial charge in [0.05, 0.1) is 17.3 Å². The number of carbonyl (C=O) groups is 1. The number of hydrogen-bond donors (Lipinski definition) is 1. The van der Waals surface area contributed by atoms with E-state index in [1.165, 1.54) is 12.3 Å². The van der Waals surface area contributed by atoms with Gasteiger partial charge in [-0.3, -0.25) is 9.97 Å². The van der Waals surface area contributed by atoms with Crippen molar-refractivity contribution in [2.24, 2.45) is 0 Å². The lowest BCUT2D eigenvalue weighted by Gasteiger charge is -2.08. The number of alkyl halides is 3. The van der Waals surface area contributed by atoms with Crippen molar-refractivity contribution in [3.63, 3.8) is 0 Å². The molecule has 3 aromatic heterocycles. The van der Waals surface area contributed by atoms with Gasteiger partial charge in [0, 0.05) is 29.5 Å². The predicted molar refractivity (Wildman–Crippen MR) is 74.5 cm³/mol. The summed E-state index contributed by atoms with van der Waals surface area (Å²) < 4.78 is 42.3. The van der Waals surface area contributed by atoms with Gasteiger partial charge in [-0.15, -0.1) is 0 Å². The summed E-state index contributed by atoms with van der Waals surface area (Å²) in [6, 6.07) is 3.78. The average Bonchev–Trinajstić information content (AvgIpc) is 3.00. The summed E-state index contributed by atoms with van der Waals surface area (Å²) in [6.45, 7) is -0.176. The molecule has 0 spiro atoms. The molecule has 0 aliphatic carbocycles. The van der Waals surface area contributed by atoms with Gasteiger partial charge in [0.25, 0.3) is 0 Å². The highest BCUT2D eigenvalue weighted by Gasteiger charge is 2.32. The van der Waals surface area contributed by atoms with Crippen LogP contribution < -0.4 is 0 Å². The molecule has 0 bridgehead atoms. The van der Waals surface area contributed by atoms with Crippen molar-refractivity contribution in [3.8, 4) is 0 Å². The third-order valence-electron chi connectivity index (χ3n) is 3.18. The van der Waals surface area contributed by atoms with Crippen LogP contribution in [0.5, 0.6) is 0 Å². The Kier molecular flexibility index (Phi) is 3.73. The average molecular weight is 321 g/mol. The maximum absolute atomic E-state index is 12.4. The zero-order valence-corrected chi connectivity index (χ0v) is 11.6. The molecule has 5 nitrogen and oxygen atoms in total. The number of fused-ring (bicyclic) bond motifs is 1. The number of nitrogens with zero attached hydrogens (tertiary/aromatic N) is 2. The number of nitrogens with one attached hydrogen (secondary N) is 1. The highest BCUT2D eigenvalue weighted by Crippen LogP contribution is 2.27. The summed E-state index contributed by atoms with van der Waals surface area (Å²) in [5.74, 6) is -0.609. The lowest BCUT2D eigenvalue weighted by molar-refractivity contribution is -0.141. The highest BCUT2D eigenvalue weighted by atomic mass is 19.4. The number of halogens is 3. The molecule has 3 rings (SSSR count). The minimum absolute atomic E-state index is 0.176. The Morgan fingerprint density at radius 3 is 2.70 bits per heavy atom. The van der Waals surface area contributed by atoms with Crippen LogP contribution in [0.2, 0.25) is 0 Å². The smallest absolute Gasteiger partial charge is 0.433 e. The Hall–Kier alpha value is -2.90. The number of rotatable bonds is 3. The van der Waals surface area contributed by atoms with E-state index in [-0.39, 0.29) is 12.2 Å². The van der Waals surface area contributed by atoms with Gasteiger partial charge in [0.1, 0.15) is 12.3 Å². The van der Waals surface area contributed by atoms with E-state index in [4.69, 9.17) is 4.74 Å². The van der Waals surface area contributed by atoms with Crippen LogP contribution in [0.1, 0.15) is 21.6 Å². The van der Waals surface area contributed by atoms with Crippen LogP contribution in [0.4, 0.5) is 13.2 Å². The molecule has 0 aliphatic rings. The van der Waals surface area contributed by atoms with Crippen molar-refractivity contribution in [1.82, 2.24) is 15.0 Å². The number of ether oxygens (including phenoxy) is 1. The molecule has 0 unspecified atom stereocenters. The largest absolute Gasteiger partial charge is 0.457 e. The van der Waals surface area contributed by atoms with Gasteiger partial charge in [-0.1, -0.05) is 6.07 Å². The molecule has 0 atom stereocenters. The Morgan fingerprint density at radius 1 is 1.17 bits per heavy atom. The molecule has 0 radical (unpaired) electrons. The molecular formula is C15H10F3N3O2. The van der Waals surface area contributed by atoms with Crippen LogP contribution >= 0.6 is 0 Å². The fraction of sp³-hybridized carbons (Fsp3) is 0.133. The second-order valence-electron chi connectivity index (χ2n) is 4.75. The molecule has 3 heterocycles. The summed E-state index contributed by atoms with van der Waals surface area (Å²) in [5, 5.41) is 0.663. The summed E-state index contributed by atoms with van der Waals surface area (Å²) in [7, 11) is 0. The zero-order valence-electron chi connectivity index (χ0n) is 11.6. The topological polar surface area (TPSA) is 67.9 Å². The number of aromatic nitrogens is 3. The fourth-order valence-electron chi connectivity index (χ4n) is 2.05. The summed E-state index contributed by atoms with van der Waals surface area (Å²) in [4.78, 5) is 22.2. The summed E-state index contributed by atoms with van der Waals surface area (Å²) in [6.07, 6.45) is 1.16. The van der Waals surface area contributed by atoms with Crippen molar-refractivity contribution >= 4 is 16.9 Å². The molecule has 0 saturated heterocycles. The lowest BCUT2D eigenvalue weighted by Crippen LogP contribution is -2.09. The van der Waals surface area contributed by atoms with Gasteiger partial charge >= 0.3 is 12.1 Å². The minimum Gasteiger partial charge on any atom is -0.457 e. The van der Waals surface area contributed by atoms with Crippen molar-refractivity contribution in [3.05, 3.63) is 59.8 Å². The van der Waals surface area contributed by atoms with Crippen molar-refractivity contribution in [2.45, 2.75) is 12.8 Å². The third kappa shape index (κ3) is 3.15. The van der Waals surface area contributed by atoms with E-state index in [2.05, 4.69) is 15.0 Å². The van der Waals surface area contributed by atoms with Gasteiger partial charge in [-0.2, -0.15) is 13.2 Å². The molecule has 0 aromatic carbocycles. The molecule has 8 heteroatoms. The van der Waals surface area contributed by atoms with E-state index in [1.54, 1.807) is 18.5 Å². The van der Waals surface area contributed by atoms with Crippen LogP contribution in [0.25, 0.3) is 10.9 Å². The summed E-state index contributed by atoms with van der Waals surface area (Å²) >= 11 is 0. The number of pyridine rings is 2. The van der Waals surface area contributed by atoms with Crippen LogP contribution in [0.15, 0.2) is 43.0 Å². The number of hydrogen-bond acceptors (Lipinski definition) is 4. The van der Waals surface area contributed by atoms with Gasteiger partial charge < -0.3 is 9.72 Å². The van der Waals surface area contributed by atoms with E-state index in [1.807, 2.05) is 0 Å². The SMILES string of the molecule is O=C(OCc1ccc(C(F)(F)F)nc1)c1cncc2[nH]ccc12. The van der Waals surface area contributed by atoms with E-state index in [9.17, 15) is 18.0 Å². The zero-order chi connectivity index (χ0) is 16.4. The molecule has 0 aliphatic heterocycles. The molecule has 0 amide bonds. The van der Waals surface area contributed by atoms with E-state index < -0.39 is 17.8 Å². The number of H-pyrrole nitrogens is 1. The van der Waals surface area contributed by atoms with Gasteiger partial charge in [0.2, 0.25) is 0 Å². The number of esters is 1. The lowest BCUT2D eigenvalue weighted by atomic mass is 10.2. The Balaban J connectivity index is 1.71. The fourth-order valence-corrected chi connectivity index (χ4v) is 2.05. The van der Waals surface area contributed by atoms with Gasteiger partial charge in [-0.25, -0.2) is 4.79 Å². The first kappa shape index (κ1) is 15.0. The van der Waals surface area contributed by atoms with Crippen molar-refractivity contribution in [1.29, 1.82) is 0 Å². The third-order valence-corrected chi connectivity index (χ3v) is 3.18. The van der Waals surface area contributed by atoms with Gasteiger partial charge in [0.15, 0.2) is 0 Å². The highest BCUT2D eigenvalue weighted by molar-refractivity contribution is 6.03. The maximum Gasteiger partial charge on any atom is 0.433 e. The first-order chi connectivity index (χ1) is 10.9. The monoisotopic (exact) mass is 321 g/mol. The standard InChI is InChI=1S/C15H10F3N3O2/c16-15(17,18)13-2-1-9(5-21-13)8-23-14(22)11-6-19-7-12-10(11)3-4-20-12/h1-7,20H,8H2. The van der Waals surface area contributed by atoms with Crippen LogP contribution in [-0.2, 0) is 17.5 Å². The molecule has 0 saturated carbocycles. The Bertz CT molecular complexity index is 841. The molecule has 1 N–H and O–H groups in total. The first-order valence-corrected chi connectivity index (χ1v) is 6.55. The molecule has 0 fully saturated rings. The molecule has 3 aromatic rings. The van der Waals surface area contributed by atoms with Crippen molar-refractivity contribution in [2.75, 3.05) is 0 Å². The van der Waals surface area contributed by atoms with E-state index >= 15 is 0 Å². The predicted octanol–water partition coefficient (Wildman–Crippen LogP) is 3.33. The van der Waals surface area contributed by atoms with E-state index in [0.29, 0.717) is 16.5 Å². The maximum atomic E-state index is 12.4. The number of carbonyl (C=O) groups excluding carboxylic acids is 1. The minimum atomic E-state index is -4.50. The second-order valence-corrected chi connectivity index (χ2v) is 4.75. The normalized spacial score (nSPS) is 11.6. The quantitative estimate of drug-likeness (QED) is 0.751. The Labute approximate surface area is 128 Å². The van der Waals surface area contributed by atoms with Gasteiger partial charge in [-0.05, 0) is 12.1 Å². The van der Waals surface area contributed by atoms with Crippen LogP contribution in [-0.4, -0.2) is 20.9 Å². The Morgan fingerprint density at radius 2 is 2.00 bits per heavy atom. The van der Waals surface area contributed by atoms with Crippen LogP contribution in [0, 0.1) is 0 Å². The molecular weight excluding hydrogens is 311 g/mol. The summed E-state index contributed by atoms with van der Waals surface area (Å²) in [5.41, 5.74) is 0.341. The molecule has 118 valence electrons. The van der Waals surface area contributed by atoms with E-state index in [0.717, 1.165) is 12.3 Å². The van der Waals surface area contributed by atoms with Crippen LogP contribution in [0.3, 0.4) is 0 Å². The van der Waals surface area contributed by atoms with Crippen molar-refractivity contribution < 1.29 is 22.7 Å². The molecule has 23 heavy (non-hydrogen) atoms. The first-order valence-electron chi connectivity index (χ1n) is 6.55. The number of aromatic amines is 1. The second kappa shape index (κ2) is 5.71.